The van der Waals surface area contributed by atoms with E-state index >= 15 is 0 Å². The van der Waals surface area contributed by atoms with Crippen LogP contribution in [0, 0.1) is 0 Å². The predicted octanol–water partition coefficient (Wildman–Crippen LogP) is 2.45. The zero-order valence-electron chi connectivity index (χ0n) is 14.6. The minimum Gasteiger partial charge on any atom is -0.459 e. The summed E-state index contributed by atoms with van der Waals surface area (Å²) in [5.74, 6) is -0.877. The Morgan fingerprint density at radius 3 is 2.36 bits per heavy atom. The highest BCUT2D eigenvalue weighted by Gasteiger charge is 2.14. The van der Waals surface area contributed by atoms with Crippen LogP contribution in [0.3, 0.4) is 0 Å². The molecule has 0 saturated carbocycles. The fourth-order valence-electron chi connectivity index (χ4n) is 2.33. The van der Waals surface area contributed by atoms with E-state index in [2.05, 4.69) is 15.4 Å². The van der Waals surface area contributed by atoms with E-state index in [1.807, 2.05) is 0 Å². The summed E-state index contributed by atoms with van der Waals surface area (Å²) >= 11 is 0. The number of benzene rings is 2. The molecule has 0 bridgehead atoms. The zero-order chi connectivity index (χ0) is 20.0. The van der Waals surface area contributed by atoms with Gasteiger partial charge in [0.25, 0.3) is 15.9 Å². The summed E-state index contributed by atoms with van der Waals surface area (Å²) in [7, 11) is -3.74. The molecule has 2 aromatic carbocycles. The lowest BCUT2D eigenvalue weighted by Crippen LogP contribution is -2.32. The van der Waals surface area contributed by atoms with E-state index in [9.17, 15) is 18.0 Å². The minimum atomic E-state index is -3.74. The first-order valence-electron chi connectivity index (χ1n) is 8.23. The highest BCUT2D eigenvalue weighted by molar-refractivity contribution is 7.92. The molecular weight excluding hydrogens is 382 g/mol. The number of amides is 2. The second-order valence-corrected chi connectivity index (χ2v) is 7.39. The van der Waals surface area contributed by atoms with Crippen molar-refractivity contribution in [2.45, 2.75) is 4.90 Å². The summed E-state index contributed by atoms with van der Waals surface area (Å²) in [4.78, 5) is 23.9. The average molecular weight is 399 g/mol. The van der Waals surface area contributed by atoms with Crippen LogP contribution < -0.4 is 15.4 Å². The third-order valence-electron chi connectivity index (χ3n) is 3.61. The first-order chi connectivity index (χ1) is 13.4. The Bertz CT molecular complexity index is 1060. The van der Waals surface area contributed by atoms with Crippen LogP contribution in [0.5, 0.6) is 0 Å². The van der Waals surface area contributed by atoms with Crippen molar-refractivity contribution >= 4 is 33.2 Å². The number of nitrogens with one attached hydrogen (secondary N) is 3. The Hall–Kier alpha value is -3.59. The van der Waals surface area contributed by atoms with Crippen molar-refractivity contribution in [2.24, 2.45) is 0 Å². The molecule has 0 fully saturated rings. The molecule has 1 aromatic heterocycles. The highest BCUT2D eigenvalue weighted by Crippen LogP contribution is 2.19. The van der Waals surface area contributed by atoms with Crippen LogP contribution in [0.25, 0.3) is 0 Å². The molecule has 0 atom stereocenters. The van der Waals surface area contributed by atoms with Gasteiger partial charge in [0.1, 0.15) is 0 Å². The number of furan rings is 1. The maximum absolute atomic E-state index is 12.4. The van der Waals surface area contributed by atoms with Gasteiger partial charge in [0.15, 0.2) is 5.76 Å². The number of carbonyl (C=O) groups excluding carboxylic acids is 2. The molecule has 9 heteroatoms. The Morgan fingerprint density at radius 1 is 0.893 bits per heavy atom. The number of hydrogen-bond acceptors (Lipinski definition) is 5. The van der Waals surface area contributed by atoms with Gasteiger partial charge in [-0.05, 0) is 42.5 Å². The van der Waals surface area contributed by atoms with E-state index in [4.69, 9.17) is 4.42 Å². The molecule has 28 heavy (non-hydrogen) atoms. The monoisotopic (exact) mass is 399 g/mol. The van der Waals surface area contributed by atoms with Crippen LogP contribution in [-0.4, -0.2) is 26.8 Å². The van der Waals surface area contributed by atoms with Gasteiger partial charge < -0.3 is 15.1 Å². The molecule has 8 nitrogen and oxygen atoms in total. The van der Waals surface area contributed by atoms with Crippen LogP contribution in [0.2, 0.25) is 0 Å². The van der Waals surface area contributed by atoms with Crippen molar-refractivity contribution in [3.05, 3.63) is 78.8 Å². The van der Waals surface area contributed by atoms with Crippen molar-refractivity contribution in [1.29, 1.82) is 0 Å². The van der Waals surface area contributed by atoms with Crippen molar-refractivity contribution in [3.8, 4) is 0 Å². The molecule has 3 aromatic rings. The molecule has 0 aliphatic rings. The second-order valence-electron chi connectivity index (χ2n) is 5.71. The number of rotatable bonds is 7. The van der Waals surface area contributed by atoms with E-state index in [0.29, 0.717) is 11.4 Å². The SMILES string of the molecule is O=C(CNC(=O)c1ccco1)Nc1cccc(NS(=O)(=O)c2ccccc2)c1. The third-order valence-corrected chi connectivity index (χ3v) is 5.00. The van der Waals surface area contributed by atoms with E-state index in [1.165, 1.54) is 30.5 Å². The average Bonchev–Trinajstić information content (AvgIpc) is 3.22. The maximum atomic E-state index is 12.4. The van der Waals surface area contributed by atoms with Crippen LogP contribution in [0.4, 0.5) is 11.4 Å². The van der Waals surface area contributed by atoms with Gasteiger partial charge in [-0.15, -0.1) is 0 Å². The molecule has 0 unspecified atom stereocenters. The Balaban J connectivity index is 1.60. The van der Waals surface area contributed by atoms with Crippen molar-refractivity contribution in [3.63, 3.8) is 0 Å². The lowest BCUT2D eigenvalue weighted by atomic mass is 10.3. The van der Waals surface area contributed by atoms with Gasteiger partial charge >= 0.3 is 0 Å². The van der Waals surface area contributed by atoms with Crippen molar-refractivity contribution in [2.75, 3.05) is 16.6 Å². The highest BCUT2D eigenvalue weighted by atomic mass is 32.2. The largest absolute Gasteiger partial charge is 0.459 e. The summed E-state index contributed by atoms with van der Waals surface area (Å²) in [6.07, 6.45) is 1.36. The van der Waals surface area contributed by atoms with Crippen LogP contribution in [0.1, 0.15) is 10.6 Å². The third kappa shape index (κ3) is 4.98. The molecule has 0 saturated heterocycles. The number of anilines is 2. The summed E-state index contributed by atoms with van der Waals surface area (Å²) in [6.45, 7) is -0.264. The van der Waals surface area contributed by atoms with Gasteiger partial charge in [-0.2, -0.15) is 0 Å². The van der Waals surface area contributed by atoms with Crippen LogP contribution in [-0.2, 0) is 14.8 Å². The van der Waals surface area contributed by atoms with Gasteiger partial charge in [0, 0.05) is 5.69 Å². The standard InChI is InChI=1S/C19H17N3O5S/c23-18(13-20-19(24)17-10-5-11-27-17)21-14-6-4-7-15(12-14)22-28(25,26)16-8-2-1-3-9-16/h1-12,22H,13H2,(H,20,24)(H,21,23). The fraction of sp³-hybridized carbons (Fsp3) is 0.0526. The van der Waals surface area contributed by atoms with Gasteiger partial charge in [-0.25, -0.2) is 8.42 Å². The Labute approximate surface area is 161 Å². The summed E-state index contributed by atoms with van der Waals surface area (Å²) in [6, 6.07) is 17.2. The first kappa shape index (κ1) is 19.2. The molecular formula is C19H17N3O5S. The minimum absolute atomic E-state index is 0.102. The second kappa shape index (κ2) is 8.40. The van der Waals surface area contributed by atoms with Gasteiger partial charge in [0.2, 0.25) is 5.91 Å². The molecule has 3 N–H and O–H groups in total. The van der Waals surface area contributed by atoms with Crippen LogP contribution >= 0.6 is 0 Å². The van der Waals surface area contributed by atoms with Crippen molar-refractivity contribution in [1.82, 2.24) is 5.32 Å². The molecule has 2 amide bonds. The quantitative estimate of drug-likeness (QED) is 0.564. The molecule has 1 heterocycles. The number of carbonyl (C=O) groups is 2. The van der Waals surface area contributed by atoms with Gasteiger partial charge in [0.05, 0.1) is 23.4 Å². The molecule has 0 radical (unpaired) electrons. The summed E-state index contributed by atoms with van der Waals surface area (Å²) in [5, 5.41) is 5.01. The van der Waals surface area contributed by atoms with E-state index < -0.39 is 21.8 Å². The lowest BCUT2D eigenvalue weighted by molar-refractivity contribution is -0.115. The zero-order valence-corrected chi connectivity index (χ0v) is 15.4. The van der Waals surface area contributed by atoms with Gasteiger partial charge in [-0.3, -0.25) is 14.3 Å². The molecule has 0 spiro atoms. The number of sulfonamides is 1. The molecule has 0 aliphatic carbocycles. The topological polar surface area (TPSA) is 118 Å². The van der Waals surface area contributed by atoms with E-state index in [-0.39, 0.29) is 17.2 Å². The van der Waals surface area contributed by atoms with Crippen molar-refractivity contribution < 1.29 is 22.4 Å². The Morgan fingerprint density at radius 2 is 1.64 bits per heavy atom. The lowest BCUT2D eigenvalue weighted by Gasteiger charge is -2.10. The number of hydrogen-bond donors (Lipinski definition) is 3. The molecule has 0 aliphatic heterocycles. The van der Waals surface area contributed by atoms with Crippen LogP contribution in [0.15, 0.2) is 82.3 Å². The maximum Gasteiger partial charge on any atom is 0.287 e. The summed E-state index contributed by atoms with van der Waals surface area (Å²) < 4.78 is 32.1. The van der Waals surface area contributed by atoms with Gasteiger partial charge in [-0.1, -0.05) is 24.3 Å². The first-order valence-corrected chi connectivity index (χ1v) is 9.72. The Kier molecular flexibility index (Phi) is 5.75. The molecule has 144 valence electrons. The molecule has 3 rings (SSSR count). The normalized spacial score (nSPS) is 10.9. The van der Waals surface area contributed by atoms with E-state index in [1.54, 1.807) is 42.5 Å². The smallest absolute Gasteiger partial charge is 0.287 e. The predicted molar refractivity (Wildman–Crippen MR) is 103 cm³/mol. The summed E-state index contributed by atoms with van der Waals surface area (Å²) in [5.41, 5.74) is 0.673. The van der Waals surface area contributed by atoms with E-state index in [0.717, 1.165) is 0 Å². The fourth-order valence-corrected chi connectivity index (χ4v) is 3.41.